The lowest BCUT2D eigenvalue weighted by atomic mass is 9.67. The summed E-state index contributed by atoms with van der Waals surface area (Å²) in [6.07, 6.45) is 5.52. The van der Waals surface area contributed by atoms with E-state index in [-0.39, 0.29) is 0 Å². The van der Waals surface area contributed by atoms with Crippen LogP contribution in [0.1, 0.15) is 81.1 Å². The summed E-state index contributed by atoms with van der Waals surface area (Å²) in [5.74, 6) is 3.37. The first-order valence-corrected chi connectivity index (χ1v) is 7.67. The SMILES string of the molecule is CC(C)CCC(C)C(C)(C)C(C)CCC(C)C. The van der Waals surface area contributed by atoms with Crippen molar-refractivity contribution in [3.63, 3.8) is 0 Å². The van der Waals surface area contributed by atoms with E-state index in [0.29, 0.717) is 5.41 Å². The van der Waals surface area contributed by atoms with Crippen LogP contribution < -0.4 is 0 Å². The molecular formula is C17H36. The molecule has 0 heterocycles. The summed E-state index contributed by atoms with van der Waals surface area (Å²) in [4.78, 5) is 0. The molecule has 0 saturated heterocycles. The van der Waals surface area contributed by atoms with Gasteiger partial charge < -0.3 is 0 Å². The van der Waals surface area contributed by atoms with Crippen LogP contribution in [0.25, 0.3) is 0 Å². The third-order valence-corrected chi connectivity index (χ3v) is 4.89. The zero-order chi connectivity index (χ0) is 13.6. The highest BCUT2D eigenvalue weighted by atomic mass is 14.4. The number of rotatable bonds is 8. The molecule has 0 aliphatic heterocycles. The molecule has 0 aliphatic rings. The zero-order valence-electron chi connectivity index (χ0n) is 13.6. The van der Waals surface area contributed by atoms with Crippen LogP contribution in [-0.2, 0) is 0 Å². The molecule has 0 heteroatoms. The van der Waals surface area contributed by atoms with Gasteiger partial charge in [0.1, 0.15) is 0 Å². The van der Waals surface area contributed by atoms with Gasteiger partial charge in [0.2, 0.25) is 0 Å². The fourth-order valence-electron chi connectivity index (χ4n) is 2.40. The zero-order valence-corrected chi connectivity index (χ0v) is 13.6. The van der Waals surface area contributed by atoms with E-state index in [0.717, 1.165) is 23.7 Å². The maximum atomic E-state index is 2.48. The van der Waals surface area contributed by atoms with Crippen LogP contribution in [0.15, 0.2) is 0 Å². The van der Waals surface area contributed by atoms with Crippen molar-refractivity contribution in [1.29, 1.82) is 0 Å². The van der Waals surface area contributed by atoms with Crippen LogP contribution in [-0.4, -0.2) is 0 Å². The van der Waals surface area contributed by atoms with Gasteiger partial charge in [0.15, 0.2) is 0 Å². The summed E-state index contributed by atoms with van der Waals surface area (Å²) in [6, 6.07) is 0. The molecule has 0 bridgehead atoms. The summed E-state index contributed by atoms with van der Waals surface area (Å²) in [6.45, 7) is 19.2. The Bertz CT molecular complexity index is 168. The van der Waals surface area contributed by atoms with Gasteiger partial charge >= 0.3 is 0 Å². The molecule has 0 rings (SSSR count). The Kier molecular flexibility index (Phi) is 7.44. The van der Waals surface area contributed by atoms with E-state index in [9.17, 15) is 0 Å². The van der Waals surface area contributed by atoms with Crippen molar-refractivity contribution in [3.8, 4) is 0 Å². The lowest BCUT2D eigenvalue weighted by molar-refractivity contribution is 0.114. The van der Waals surface area contributed by atoms with Gasteiger partial charge in [-0.2, -0.15) is 0 Å². The van der Waals surface area contributed by atoms with E-state index in [2.05, 4.69) is 55.4 Å². The molecular weight excluding hydrogens is 204 g/mol. The average Bonchev–Trinajstić information content (AvgIpc) is 2.21. The van der Waals surface area contributed by atoms with Crippen LogP contribution >= 0.6 is 0 Å². The molecule has 0 radical (unpaired) electrons. The van der Waals surface area contributed by atoms with Crippen molar-refractivity contribution in [2.75, 3.05) is 0 Å². The van der Waals surface area contributed by atoms with Crippen molar-refractivity contribution < 1.29 is 0 Å². The topological polar surface area (TPSA) is 0 Å². The highest BCUT2D eigenvalue weighted by molar-refractivity contribution is 4.81. The molecule has 0 nitrogen and oxygen atoms in total. The predicted octanol–water partition coefficient (Wildman–Crippen LogP) is 6.16. The maximum absolute atomic E-state index is 2.48. The van der Waals surface area contributed by atoms with E-state index in [1.807, 2.05) is 0 Å². The minimum atomic E-state index is 0.490. The van der Waals surface area contributed by atoms with Crippen molar-refractivity contribution >= 4 is 0 Å². The quantitative estimate of drug-likeness (QED) is 0.477. The molecule has 0 aromatic carbocycles. The lowest BCUT2D eigenvalue weighted by Crippen LogP contribution is -2.30. The van der Waals surface area contributed by atoms with Gasteiger partial charge in [0, 0.05) is 0 Å². The van der Waals surface area contributed by atoms with Crippen LogP contribution in [0.5, 0.6) is 0 Å². The maximum Gasteiger partial charge on any atom is -0.0303 e. The molecule has 0 fully saturated rings. The molecule has 2 atom stereocenters. The molecule has 2 unspecified atom stereocenters. The van der Waals surface area contributed by atoms with Gasteiger partial charge in [0.25, 0.3) is 0 Å². The van der Waals surface area contributed by atoms with Gasteiger partial charge in [-0.1, -0.05) is 68.2 Å². The number of hydrogen-bond donors (Lipinski definition) is 0. The average molecular weight is 240 g/mol. The normalized spacial score (nSPS) is 16.6. The third-order valence-electron chi connectivity index (χ3n) is 4.89. The Hall–Kier alpha value is 0. The van der Waals surface area contributed by atoms with E-state index in [1.54, 1.807) is 0 Å². The van der Waals surface area contributed by atoms with Gasteiger partial charge in [-0.25, -0.2) is 0 Å². The van der Waals surface area contributed by atoms with Gasteiger partial charge in [-0.3, -0.25) is 0 Å². The summed E-state index contributed by atoms with van der Waals surface area (Å²) < 4.78 is 0. The van der Waals surface area contributed by atoms with E-state index in [1.165, 1.54) is 25.7 Å². The summed E-state index contributed by atoms with van der Waals surface area (Å²) in [5, 5.41) is 0. The minimum absolute atomic E-state index is 0.490. The van der Waals surface area contributed by atoms with Gasteiger partial charge in [-0.05, 0) is 41.9 Å². The Morgan fingerprint density at radius 3 is 1.12 bits per heavy atom. The largest absolute Gasteiger partial charge is 0.0628 e. The molecule has 0 N–H and O–H groups in total. The molecule has 0 aromatic heterocycles. The molecule has 0 saturated carbocycles. The second kappa shape index (κ2) is 7.44. The Balaban J connectivity index is 4.22. The second-order valence-corrected chi connectivity index (χ2v) is 7.57. The summed E-state index contributed by atoms with van der Waals surface area (Å²) >= 11 is 0. The highest BCUT2D eigenvalue weighted by Gasteiger charge is 2.31. The molecule has 0 aliphatic carbocycles. The van der Waals surface area contributed by atoms with Gasteiger partial charge in [0.05, 0.1) is 0 Å². The van der Waals surface area contributed by atoms with Crippen molar-refractivity contribution in [3.05, 3.63) is 0 Å². The standard InChI is InChI=1S/C17H36/c1-13(2)9-11-15(5)17(7,8)16(6)12-10-14(3)4/h13-16H,9-12H2,1-8H3. The smallest absolute Gasteiger partial charge is 0.0303 e. The van der Waals surface area contributed by atoms with Crippen LogP contribution in [0.4, 0.5) is 0 Å². The Morgan fingerprint density at radius 2 is 0.882 bits per heavy atom. The minimum Gasteiger partial charge on any atom is -0.0628 e. The molecule has 0 amide bonds. The van der Waals surface area contributed by atoms with Crippen LogP contribution in [0, 0.1) is 29.1 Å². The van der Waals surface area contributed by atoms with Crippen molar-refractivity contribution in [2.45, 2.75) is 81.1 Å². The Labute approximate surface area is 111 Å². The summed E-state index contributed by atoms with van der Waals surface area (Å²) in [5.41, 5.74) is 0.490. The first-order chi connectivity index (χ1) is 7.67. The van der Waals surface area contributed by atoms with Crippen molar-refractivity contribution in [1.82, 2.24) is 0 Å². The fourth-order valence-corrected chi connectivity index (χ4v) is 2.40. The van der Waals surface area contributed by atoms with Crippen LogP contribution in [0.3, 0.4) is 0 Å². The van der Waals surface area contributed by atoms with E-state index in [4.69, 9.17) is 0 Å². The predicted molar refractivity (Wildman–Crippen MR) is 80.3 cm³/mol. The second-order valence-electron chi connectivity index (χ2n) is 7.57. The first kappa shape index (κ1) is 17.0. The molecule has 0 aromatic rings. The fraction of sp³-hybridized carbons (Fsp3) is 1.00. The van der Waals surface area contributed by atoms with Crippen LogP contribution in [0.2, 0.25) is 0 Å². The monoisotopic (exact) mass is 240 g/mol. The molecule has 0 spiro atoms. The summed E-state index contributed by atoms with van der Waals surface area (Å²) in [7, 11) is 0. The van der Waals surface area contributed by atoms with Crippen molar-refractivity contribution in [2.24, 2.45) is 29.1 Å². The molecule has 17 heavy (non-hydrogen) atoms. The molecule has 104 valence electrons. The van der Waals surface area contributed by atoms with E-state index >= 15 is 0 Å². The first-order valence-electron chi connectivity index (χ1n) is 7.67. The lowest BCUT2D eigenvalue weighted by Gasteiger charge is -2.38. The Morgan fingerprint density at radius 1 is 0.588 bits per heavy atom. The highest BCUT2D eigenvalue weighted by Crippen LogP contribution is 2.40. The van der Waals surface area contributed by atoms with E-state index < -0.39 is 0 Å². The van der Waals surface area contributed by atoms with Gasteiger partial charge in [-0.15, -0.1) is 0 Å². The third kappa shape index (κ3) is 6.48. The number of hydrogen-bond acceptors (Lipinski definition) is 0.